The van der Waals surface area contributed by atoms with Crippen LogP contribution < -0.4 is 0 Å². The number of piperidine rings is 1. The third-order valence-corrected chi connectivity index (χ3v) is 6.84. The maximum absolute atomic E-state index is 13.6. The molecule has 2 aliphatic rings. The number of amides is 1. The van der Waals surface area contributed by atoms with Crippen LogP contribution in [0.4, 0.5) is 0 Å². The van der Waals surface area contributed by atoms with E-state index in [1.807, 2.05) is 58.1 Å². The largest absolute Gasteiger partial charge is 0.440 e. The molecule has 162 valence electrons. The average molecular weight is 492 g/mol. The number of halogens is 1. The Balaban J connectivity index is 1.28. The number of carbonyl (C=O) groups is 1. The number of para-hydroxylation sites is 2. The van der Waals surface area contributed by atoms with E-state index in [-0.39, 0.29) is 11.8 Å². The van der Waals surface area contributed by atoms with E-state index in [2.05, 4.69) is 31.2 Å². The standard InChI is InChI=1S/C24H22BrN5O2/c25-17-9-11-18(12-10-17)30-22(15-7-8-15)21(27-28-30)24(31)29-13-3-4-16(14-29)23-26-19-5-1-2-6-20(19)32-23/h1-2,5-6,9-12,15-16H,3-4,7-8,13-14H2. The lowest BCUT2D eigenvalue weighted by Gasteiger charge is -2.31. The maximum Gasteiger partial charge on any atom is 0.276 e. The van der Waals surface area contributed by atoms with Gasteiger partial charge in [0.05, 0.1) is 17.3 Å². The molecule has 0 bridgehead atoms. The molecule has 1 aliphatic heterocycles. The lowest BCUT2D eigenvalue weighted by Crippen LogP contribution is -2.39. The van der Waals surface area contributed by atoms with Crippen LogP contribution >= 0.6 is 15.9 Å². The number of likely N-dealkylation sites (tertiary alicyclic amines) is 1. The Bertz CT molecular complexity index is 1260. The topological polar surface area (TPSA) is 77.1 Å². The minimum Gasteiger partial charge on any atom is -0.440 e. The Morgan fingerprint density at radius 1 is 1.03 bits per heavy atom. The van der Waals surface area contributed by atoms with Crippen molar-refractivity contribution in [1.29, 1.82) is 0 Å². The van der Waals surface area contributed by atoms with Crippen molar-refractivity contribution in [2.24, 2.45) is 0 Å². The molecule has 1 saturated heterocycles. The van der Waals surface area contributed by atoms with E-state index in [0.717, 1.165) is 52.6 Å². The predicted molar refractivity (Wildman–Crippen MR) is 123 cm³/mol. The Hall–Kier alpha value is -3.00. The third kappa shape index (κ3) is 3.52. The number of fused-ring (bicyclic) bond motifs is 1. The molecule has 6 rings (SSSR count). The van der Waals surface area contributed by atoms with Gasteiger partial charge in [0, 0.05) is 23.5 Å². The van der Waals surface area contributed by atoms with Crippen LogP contribution in [0.15, 0.2) is 57.4 Å². The van der Waals surface area contributed by atoms with Gasteiger partial charge >= 0.3 is 0 Å². The van der Waals surface area contributed by atoms with Gasteiger partial charge in [-0.05, 0) is 62.1 Å². The van der Waals surface area contributed by atoms with Crippen LogP contribution in [-0.4, -0.2) is 43.9 Å². The fourth-order valence-electron chi connectivity index (χ4n) is 4.52. The molecule has 32 heavy (non-hydrogen) atoms. The van der Waals surface area contributed by atoms with Crippen molar-refractivity contribution in [3.63, 3.8) is 0 Å². The Kier molecular flexibility index (Phi) is 4.82. The highest BCUT2D eigenvalue weighted by molar-refractivity contribution is 9.10. The summed E-state index contributed by atoms with van der Waals surface area (Å²) in [6.45, 7) is 1.30. The highest BCUT2D eigenvalue weighted by atomic mass is 79.9. The van der Waals surface area contributed by atoms with Gasteiger partial charge in [-0.3, -0.25) is 4.79 Å². The molecule has 1 unspecified atom stereocenters. The lowest BCUT2D eigenvalue weighted by atomic mass is 9.97. The second-order valence-electron chi connectivity index (χ2n) is 8.60. The number of oxazole rings is 1. The van der Waals surface area contributed by atoms with E-state index in [9.17, 15) is 4.79 Å². The van der Waals surface area contributed by atoms with E-state index >= 15 is 0 Å². The molecule has 2 fully saturated rings. The van der Waals surface area contributed by atoms with E-state index in [1.54, 1.807) is 0 Å². The molecule has 1 aliphatic carbocycles. The molecule has 7 nitrogen and oxygen atoms in total. The summed E-state index contributed by atoms with van der Waals surface area (Å²) < 4.78 is 8.84. The van der Waals surface area contributed by atoms with Gasteiger partial charge in [0.2, 0.25) is 0 Å². The van der Waals surface area contributed by atoms with Crippen molar-refractivity contribution in [1.82, 2.24) is 24.9 Å². The van der Waals surface area contributed by atoms with Crippen LogP contribution in [0.3, 0.4) is 0 Å². The summed E-state index contributed by atoms with van der Waals surface area (Å²) in [6, 6.07) is 15.7. The van der Waals surface area contributed by atoms with Crippen molar-refractivity contribution >= 4 is 32.9 Å². The Morgan fingerprint density at radius 3 is 2.62 bits per heavy atom. The average Bonchev–Trinajstić information content (AvgIpc) is 3.41. The van der Waals surface area contributed by atoms with Gasteiger partial charge in [-0.25, -0.2) is 9.67 Å². The van der Waals surface area contributed by atoms with Gasteiger partial charge in [-0.2, -0.15) is 0 Å². The zero-order chi connectivity index (χ0) is 21.7. The first-order valence-corrected chi connectivity index (χ1v) is 11.8. The van der Waals surface area contributed by atoms with Crippen LogP contribution in [0.5, 0.6) is 0 Å². The second-order valence-corrected chi connectivity index (χ2v) is 9.51. The van der Waals surface area contributed by atoms with Crippen LogP contribution in [0.25, 0.3) is 16.8 Å². The molecule has 1 saturated carbocycles. The summed E-state index contributed by atoms with van der Waals surface area (Å²) in [7, 11) is 0. The fraction of sp³-hybridized carbons (Fsp3) is 0.333. The van der Waals surface area contributed by atoms with Gasteiger partial charge in [-0.1, -0.05) is 33.3 Å². The molecule has 2 aromatic heterocycles. The number of aromatic nitrogens is 4. The van der Waals surface area contributed by atoms with Crippen LogP contribution in [0, 0.1) is 0 Å². The summed E-state index contributed by atoms with van der Waals surface area (Å²) in [5.74, 6) is 1.09. The summed E-state index contributed by atoms with van der Waals surface area (Å²) in [5, 5.41) is 8.73. The number of hydrogen-bond donors (Lipinski definition) is 0. The summed E-state index contributed by atoms with van der Waals surface area (Å²) in [5.41, 5.74) is 3.98. The van der Waals surface area contributed by atoms with Gasteiger partial charge in [0.25, 0.3) is 5.91 Å². The highest BCUT2D eigenvalue weighted by Gasteiger charge is 2.37. The smallest absolute Gasteiger partial charge is 0.276 e. The first kappa shape index (κ1) is 19.7. The predicted octanol–water partition coefficient (Wildman–Crippen LogP) is 5.07. The van der Waals surface area contributed by atoms with Crippen molar-refractivity contribution < 1.29 is 9.21 Å². The second kappa shape index (κ2) is 7.85. The molecule has 0 radical (unpaired) electrons. The normalized spacial score (nSPS) is 18.9. The molecule has 1 atom stereocenters. The van der Waals surface area contributed by atoms with Gasteiger partial charge in [0.15, 0.2) is 17.2 Å². The molecule has 3 heterocycles. The highest BCUT2D eigenvalue weighted by Crippen LogP contribution is 2.42. The van der Waals surface area contributed by atoms with Crippen LogP contribution in [0.2, 0.25) is 0 Å². The Morgan fingerprint density at radius 2 is 1.84 bits per heavy atom. The SMILES string of the molecule is O=C(c1nnn(-c2ccc(Br)cc2)c1C1CC1)N1CCCC(c2nc3ccccc3o2)C1. The molecular weight excluding hydrogens is 470 g/mol. The number of benzene rings is 2. The van der Waals surface area contributed by atoms with Crippen molar-refractivity contribution in [2.45, 2.75) is 37.5 Å². The zero-order valence-electron chi connectivity index (χ0n) is 17.4. The van der Waals surface area contributed by atoms with E-state index in [4.69, 9.17) is 4.42 Å². The van der Waals surface area contributed by atoms with Crippen LogP contribution in [0.1, 0.15) is 59.6 Å². The molecule has 8 heteroatoms. The molecule has 0 N–H and O–H groups in total. The fourth-order valence-corrected chi connectivity index (χ4v) is 4.78. The summed E-state index contributed by atoms with van der Waals surface area (Å²) in [6.07, 6.45) is 4.00. The third-order valence-electron chi connectivity index (χ3n) is 6.31. The number of nitrogens with zero attached hydrogens (tertiary/aromatic N) is 5. The van der Waals surface area contributed by atoms with Gasteiger partial charge in [-0.15, -0.1) is 5.10 Å². The number of carbonyl (C=O) groups excluding carboxylic acids is 1. The molecule has 2 aromatic carbocycles. The molecule has 1 amide bonds. The Labute approximate surface area is 193 Å². The van der Waals surface area contributed by atoms with Gasteiger partial charge in [0.1, 0.15) is 5.52 Å². The number of hydrogen-bond acceptors (Lipinski definition) is 5. The van der Waals surface area contributed by atoms with E-state index in [1.165, 1.54) is 0 Å². The first-order chi connectivity index (χ1) is 15.7. The molecule has 0 spiro atoms. The number of rotatable bonds is 4. The first-order valence-electron chi connectivity index (χ1n) is 11.0. The van der Waals surface area contributed by atoms with Crippen molar-refractivity contribution in [3.8, 4) is 5.69 Å². The minimum absolute atomic E-state index is 0.0453. The lowest BCUT2D eigenvalue weighted by molar-refractivity contribution is 0.0691. The van der Waals surface area contributed by atoms with E-state index < -0.39 is 0 Å². The monoisotopic (exact) mass is 491 g/mol. The maximum atomic E-state index is 13.6. The zero-order valence-corrected chi connectivity index (χ0v) is 19.0. The van der Waals surface area contributed by atoms with Crippen molar-refractivity contribution in [3.05, 3.63) is 70.3 Å². The summed E-state index contributed by atoms with van der Waals surface area (Å²) in [4.78, 5) is 20.1. The van der Waals surface area contributed by atoms with Crippen molar-refractivity contribution in [2.75, 3.05) is 13.1 Å². The minimum atomic E-state index is -0.0453. The quantitative estimate of drug-likeness (QED) is 0.398. The van der Waals surface area contributed by atoms with Crippen LogP contribution in [-0.2, 0) is 0 Å². The summed E-state index contributed by atoms with van der Waals surface area (Å²) >= 11 is 3.48. The molecular formula is C24H22BrN5O2. The van der Waals surface area contributed by atoms with E-state index in [0.29, 0.717) is 30.6 Å². The van der Waals surface area contributed by atoms with Gasteiger partial charge < -0.3 is 9.32 Å². The molecule has 4 aromatic rings.